The Bertz CT molecular complexity index is 383. The van der Waals surface area contributed by atoms with Crippen LogP contribution < -0.4 is 11.3 Å². The number of hydrogen-bond donors (Lipinski definition) is 2. The zero-order valence-electron chi connectivity index (χ0n) is 7.10. The average Bonchev–Trinajstić information content (AvgIpc) is 2.08. The van der Waals surface area contributed by atoms with E-state index in [0.717, 1.165) is 4.57 Å². The van der Waals surface area contributed by atoms with E-state index in [4.69, 9.17) is 10.8 Å². The third-order valence-corrected chi connectivity index (χ3v) is 1.74. The van der Waals surface area contributed by atoms with Crippen LogP contribution in [-0.4, -0.2) is 15.6 Å². The summed E-state index contributed by atoms with van der Waals surface area (Å²) in [7, 11) is 0. The van der Waals surface area contributed by atoms with Crippen molar-refractivity contribution < 1.29 is 9.90 Å². The third kappa shape index (κ3) is 1.87. The number of carboxylic acid groups (broad SMARTS) is 1. The number of aromatic nitrogens is 1. The van der Waals surface area contributed by atoms with Gasteiger partial charge in [0.1, 0.15) is 6.04 Å². The fraction of sp³-hybridized carbons (Fsp3) is 0.250. The fourth-order valence-corrected chi connectivity index (χ4v) is 0.942. The molecule has 1 rings (SSSR count). The predicted octanol–water partition coefficient (Wildman–Crippen LogP) is 0.0761. The van der Waals surface area contributed by atoms with E-state index in [2.05, 4.69) is 0 Å². The summed E-state index contributed by atoms with van der Waals surface area (Å²) in [5.74, 6) is -1.06. The lowest BCUT2D eigenvalue weighted by molar-refractivity contribution is -0.140. The zero-order chi connectivity index (χ0) is 10.0. The summed E-state index contributed by atoms with van der Waals surface area (Å²) < 4.78 is 1.08. The van der Waals surface area contributed by atoms with Crippen molar-refractivity contribution in [2.75, 3.05) is 5.73 Å². The molecule has 70 valence electrons. The molecule has 0 fully saturated rings. The van der Waals surface area contributed by atoms with Gasteiger partial charge in [0.15, 0.2) is 0 Å². The fourth-order valence-electron chi connectivity index (χ4n) is 0.942. The lowest BCUT2D eigenvalue weighted by Gasteiger charge is -2.10. The molecule has 0 aliphatic carbocycles. The predicted molar refractivity (Wildman–Crippen MR) is 47.5 cm³/mol. The Morgan fingerprint density at radius 2 is 2.23 bits per heavy atom. The van der Waals surface area contributed by atoms with Gasteiger partial charge >= 0.3 is 5.97 Å². The molecule has 0 bridgehead atoms. The van der Waals surface area contributed by atoms with Crippen molar-refractivity contribution in [3.63, 3.8) is 0 Å². The van der Waals surface area contributed by atoms with Gasteiger partial charge in [0, 0.05) is 18.0 Å². The number of pyridine rings is 1. The Morgan fingerprint density at radius 1 is 1.62 bits per heavy atom. The van der Waals surface area contributed by atoms with Crippen LogP contribution >= 0.6 is 0 Å². The molecule has 1 atom stereocenters. The number of hydrogen-bond acceptors (Lipinski definition) is 3. The molecule has 0 amide bonds. The molecule has 0 aliphatic rings. The van der Waals surface area contributed by atoms with Crippen molar-refractivity contribution >= 4 is 11.7 Å². The first kappa shape index (κ1) is 9.31. The second-order valence-corrected chi connectivity index (χ2v) is 2.72. The number of nitrogens with zero attached hydrogens (tertiary/aromatic N) is 1. The van der Waals surface area contributed by atoms with Gasteiger partial charge in [-0.1, -0.05) is 0 Å². The molecular formula is C8H10N2O3. The highest BCUT2D eigenvalue weighted by Crippen LogP contribution is 2.04. The van der Waals surface area contributed by atoms with Crippen molar-refractivity contribution in [3.05, 3.63) is 28.7 Å². The van der Waals surface area contributed by atoms with Crippen LogP contribution in [0.25, 0.3) is 0 Å². The molecule has 1 unspecified atom stereocenters. The van der Waals surface area contributed by atoms with Gasteiger partial charge in [0.25, 0.3) is 5.56 Å². The molecule has 1 aromatic heterocycles. The molecule has 0 saturated heterocycles. The number of nitrogen functional groups attached to an aromatic ring is 1. The van der Waals surface area contributed by atoms with Crippen LogP contribution in [0.1, 0.15) is 13.0 Å². The molecule has 13 heavy (non-hydrogen) atoms. The molecule has 5 heteroatoms. The number of nitrogens with two attached hydrogens (primary N) is 1. The van der Waals surface area contributed by atoms with E-state index >= 15 is 0 Å². The Labute approximate surface area is 74.4 Å². The summed E-state index contributed by atoms with van der Waals surface area (Å²) in [6, 6.07) is 1.79. The topological polar surface area (TPSA) is 85.3 Å². The molecule has 0 saturated carbocycles. The van der Waals surface area contributed by atoms with Gasteiger partial charge in [-0.25, -0.2) is 4.79 Å². The largest absolute Gasteiger partial charge is 0.480 e. The molecule has 5 nitrogen and oxygen atoms in total. The minimum Gasteiger partial charge on any atom is -0.480 e. The Balaban J connectivity index is 3.21. The summed E-state index contributed by atoms with van der Waals surface area (Å²) in [4.78, 5) is 21.7. The first-order chi connectivity index (χ1) is 6.02. The SMILES string of the molecule is CC(C(=O)O)n1cc(N)ccc1=O. The Morgan fingerprint density at radius 3 is 2.77 bits per heavy atom. The number of anilines is 1. The van der Waals surface area contributed by atoms with Gasteiger partial charge < -0.3 is 10.8 Å². The number of carboxylic acids is 1. The summed E-state index contributed by atoms with van der Waals surface area (Å²) >= 11 is 0. The van der Waals surface area contributed by atoms with Crippen molar-refractivity contribution in [1.29, 1.82) is 0 Å². The van der Waals surface area contributed by atoms with Crippen LogP contribution in [0.4, 0.5) is 5.69 Å². The van der Waals surface area contributed by atoms with Crippen molar-refractivity contribution in [1.82, 2.24) is 4.57 Å². The van der Waals surface area contributed by atoms with Crippen molar-refractivity contribution in [2.24, 2.45) is 0 Å². The zero-order valence-corrected chi connectivity index (χ0v) is 7.10. The van der Waals surface area contributed by atoms with Crippen LogP contribution in [0.5, 0.6) is 0 Å². The summed E-state index contributed by atoms with van der Waals surface area (Å²) in [5, 5.41) is 8.65. The molecule has 0 aromatic carbocycles. The van der Waals surface area contributed by atoms with Crippen molar-refractivity contribution in [3.8, 4) is 0 Å². The van der Waals surface area contributed by atoms with E-state index in [1.165, 1.54) is 25.3 Å². The van der Waals surface area contributed by atoms with Gasteiger partial charge in [-0.05, 0) is 13.0 Å². The van der Waals surface area contributed by atoms with E-state index < -0.39 is 12.0 Å². The van der Waals surface area contributed by atoms with E-state index in [-0.39, 0.29) is 5.56 Å². The van der Waals surface area contributed by atoms with Crippen LogP contribution in [0.2, 0.25) is 0 Å². The monoisotopic (exact) mass is 182 g/mol. The summed E-state index contributed by atoms with van der Waals surface area (Å²) in [5.41, 5.74) is 5.41. The lowest BCUT2D eigenvalue weighted by Crippen LogP contribution is -2.27. The van der Waals surface area contributed by atoms with Crippen LogP contribution in [0.15, 0.2) is 23.1 Å². The minimum atomic E-state index is -1.06. The molecule has 0 radical (unpaired) electrons. The normalized spacial score (nSPS) is 12.4. The van der Waals surface area contributed by atoms with E-state index in [9.17, 15) is 9.59 Å². The van der Waals surface area contributed by atoms with Crippen LogP contribution in [-0.2, 0) is 4.79 Å². The number of carbonyl (C=O) groups is 1. The van der Waals surface area contributed by atoms with Gasteiger partial charge in [-0.2, -0.15) is 0 Å². The number of aliphatic carboxylic acids is 1. The second kappa shape index (κ2) is 3.30. The number of rotatable bonds is 2. The summed E-state index contributed by atoms with van der Waals surface area (Å²) in [6.45, 7) is 1.42. The van der Waals surface area contributed by atoms with E-state index in [0.29, 0.717) is 5.69 Å². The first-order valence-corrected chi connectivity index (χ1v) is 3.73. The maximum absolute atomic E-state index is 11.2. The third-order valence-electron chi connectivity index (χ3n) is 1.74. The maximum Gasteiger partial charge on any atom is 0.326 e. The molecule has 0 spiro atoms. The quantitative estimate of drug-likeness (QED) is 0.678. The molecule has 1 aromatic rings. The maximum atomic E-state index is 11.2. The van der Waals surface area contributed by atoms with E-state index in [1.807, 2.05) is 0 Å². The molecule has 0 aliphatic heterocycles. The van der Waals surface area contributed by atoms with Crippen molar-refractivity contribution in [2.45, 2.75) is 13.0 Å². The molecule has 3 N–H and O–H groups in total. The Hall–Kier alpha value is -1.78. The standard InChI is InChI=1S/C8H10N2O3/c1-5(8(12)13)10-4-6(9)2-3-7(10)11/h2-5H,9H2,1H3,(H,12,13). The average molecular weight is 182 g/mol. The smallest absolute Gasteiger partial charge is 0.326 e. The first-order valence-electron chi connectivity index (χ1n) is 3.73. The minimum absolute atomic E-state index is 0.368. The molecule has 1 heterocycles. The lowest BCUT2D eigenvalue weighted by atomic mass is 10.3. The highest BCUT2D eigenvalue weighted by molar-refractivity contribution is 5.71. The molecular weight excluding hydrogens is 172 g/mol. The highest BCUT2D eigenvalue weighted by Gasteiger charge is 2.13. The highest BCUT2D eigenvalue weighted by atomic mass is 16.4. The Kier molecular flexibility index (Phi) is 2.36. The van der Waals surface area contributed by atoms with Gasteiger partial charge in [-0.3, -0.25) is 9.36 Å². The van der Waals surface area contributed by atoms with Crippen LogP contribution in [0, 0.1) is 0 Å². The van der Waals surface area contributed by atoms with Gasteiger partial charge in [0.2, 0.25) is 0 Å². The van der Waals surface area contributed by atoms with Gasteiger partial charge in [-0.15, -0.1) is 0 Å². The van der Waals surface area contributed by atoms with E-state index in [1.54, 1.807) is 0 Å². The van der Waals surface area contributed by atoms with Gasteiger partial charge in [0.05, 0.1) is 0 Å². The van der Waals surface area contributed by atoms with Crippen LogP contribution in [0.3, 0.4) is 0 Å². The summed E-state index contributed by atoms with van der Waals surface area (Å²) in [6.07, 6.45) is 1.32. The second-order valence-electron chi connectivity index (χ2n) is 2.72.